The number of sulfonamides is 1. The Morgan fingerprint density at radius 3 is 2.30 bits per heavy atom. The van der Waals surface area contributed by atoms with Crippen molar-refractivity contribution in [1.29, 1.82) is 0 Å². The summed E-state index contributed by atoms with van der Waals surface area (Å²) in [4.78, 5) is 1.87. The summed E-state index contributed by atoms with van der Waals surface area (Å²) in [6, 6.07) is 9.40. The second kappa shape index (κ2) is 6.74. The van der Waals surface area contributed by atoms with Crippen molar-refractivity contribution < 1.29 is 17.2 Å². The van der Waals surface area contributed by atoms with E-state index in [1.54, 1.807) is 19.2 Å². The highest BCUT2D eigenvalue weighted by Crippen LogP contribution is 2.23. The van der Waals surface area contributed by atoms with Crippen LogP contribution >= 0.6 is 0 Å². The maximum atomic E-state index is 13.7. The van der Waals surface area contributed by atoms with Crippen molar-refractivity contribution in [2.45, 2.75) is 24.4 Å². The van der Waals surface area contributed by atoms with Crippen molar-refractivity contribution in [2.75, 3.05) is 7.05 Å². The predicted octanol–water partition coefficient (Wildman–Crippen LogP) is 2.81. The highest BCUT2D eigenvalue weighted by molar-refractivity contribution is 7.89. The van der Waals surface area contributed by atoms with E-state index in [4.69, 9.17) is 5.14 Å². The monoisotopic (exact) mass is 340 g/mol. The van der Waals surface area contributed by atoms with Gasteiger partial charge in [-0.15, -0.1) is 0 Å². The van der Waals surface area contributed by atoms with E-state index in [-0.39, 0.29) is 23.0 Å². The van der Waals surface area contributed by atoms with Crippen molar-refractivity contribution in [3.05, 3.63) is 65.2 Å². The van der Waals surface area contributed by atoms with Gasteiger partial charge in [-0.2, -0.15) is 0 Å². The van der Waals surface area contributed by atoms with Crippen LogP contribution in [0.25, 0.3) is 0 Å². The van der Waals surface area contributed by atoms with Crippen LogP contribution in [0.5, 0.6) is 0 Å². The molecule has 0 aromatic heterocycles. The van der Waals surface area contributed by atoms with E-state index in [1.807, 2.05) is 11.8 Å². The summed E-state index contributed by atoms with van der Waals surface area (Å²) in [5, 5.41) is 5.06. The van der Waals surface area contributed by atoms with E-state index in [2.05, 4.69) is 0 Å². The maximum absolute atomic E-state index is 13.7. The van der Waals surface area contributed by atoms with Crippen LogP contribution in [-0.2, 0) is 16.6 Å². The van der Waals surface area contributed by atoms with Gasteiger partial charge in [0.25, 0.3) is 0 Å². The average molecular weight is 340 g/mol. The molecular weight excluding hydrogens is 322 g/mol. The zero-order valence-corrected chi connectivity index (χ0v) is 13.6. The molecule has 7 heteroatoms. The van der Waals surface area contributed by atoms with Gasteiger partial charge in [0, 0.05) is 18.2 Å². The number of rotatable bonds is 5. The Bertz CT molecular complexity index is 792. The molecule has 0 saturated heterocycles. The Hall–Kier alpha value is -1.83. The van der Waals surface area contributed by atoms with Gasteiger partial charge in [-0.1, -0.05) is 12.1 Å². The molecule has 0 saturated carbocycles. The molecule has 2 N–H and O–H groups in total. The first-order chi connectivity index (χ1) is 10.7. The largest absolute Gasteiger partial charge is 0.295 e. The summed E-state index contributed by atoms with van der Waals surface area (Å²) in [5.41, 5.74) is 1.11. The molecule has 0 aliphatic heterocycles. The Labute approximate surface area is 134 Å². The second-order valence-electron chi connectivity index (χ2n) is 5.44. The van der Waals surface area contributed by atoms with E-state index in [0.717, 1.165) is 17.7 Å². The van der Waals surface area contributed by atoms with E-state index < -0.39 is 21.7 Å². The smallest absolute Gasteiger partial charge is 0.238 e. The van der Waals surface area contributed by atoms with Crippen LogP contribution in [0.3, 0.4) is 0 Å². The third-order valence-electron chi connectivity index (χ3n) is 3.78. The van der Waals surface area contributed by atoms with Crippen molar-refractivity contribution in [3.63, 3.8) is 0 Å². The predicted molar refractivity (Wildman–Crippen MR) is 84.1 cm³/mol. The number of hydrogen-bond acceptors (Lipinski definition) is 3. The average Bonchev–Trinajstić information content (AvgIpc) is 2.49. The van der Waals surface area contributed by atoms with E-state index in [1.165, 1.54) is 18.2 Å². The Morgan fingerprint density at radius 1 is 1.13 bits per heavy atom. The number of nitrogens with two attached hydrogens (primary N) is 1. The standard InChI is InChI=1S/C16H18F2N2O2S/c1-11(12-3-6-15(7-4-12)23(19,21)22)20(2)10-13-9-14(17)5-8-16(13)18/h3-9,11H,10H2,1-2H3,(H2,19,21,22). The molecule has 0 fully saturated rings. The third kappa shape index (κ3) is 4.34. The first-order valence-electron chi connectivity index (χ1n) is 6.95. The van der Waals surface area contributed by atoms with Crippen LogP contribution in [0, 0.1) is 11.6 Å². The van der Waals surface area contributed by atoms with Gasteiger partial charge in [0.15, 0.2) is 0 Å². The molecule has 0 amide bonds. The van der Waals surface area contributed by atoms with Gasteiger partial charge in [-0.25, -0.2) is 22.3 Å². The number of primary sulfonamides is 1. The first kappa shape index (κ1) is 17.5. The van der Waals surface area contributed by atoms with Gasteiger partial charge in [0.2, 0.25) is 10.0 Å². The van der Waals surface area contributed by atoms with Gasteiger partial charge >= 0.3 is 0 Å². The number of halogens is 2. The summed E-state index contributed by atoms with van der Waals surface area (Å²) in [7, 11) is -1.95. The Kier molecular flexibility index (Phi) is 5.13. The topological polar surface area (TPSA) is 63.4 Å². The van der Waals surface area contributed by atoms with Gasteiger partial charge < -0.3 is 0 Å². The fourth-order valence-corrected chi connectivity index (χ4v) is 2.78. The molecular formula is C16H18F2N2O2S. The minimum atomic E-state index is -3.73. The lowest BCUT2D eigenvalue weighted by Gasteiger charge is -2.25. The molecule has 0 aliphatic carbocycles. The zero-order chi connectivity index (χ0) is 17.2. The van der Waals surface area contributed by atoms with Crippen molar-refractivity contribution >= 4 is 10.0 Å². The maximum Gasteiger partial charge on any atom is 0.238 e. The quantitative estimate of drug-likeness (QED) is 0.910. The van der Waals surface area contributed by atoms with Crippen molar-refractivity contribution in [3.8, 4) is 0 Å². The van der Waals surface area contributed by atoms with Gasteiger partial charge in [0.1, 0.15) is 11.6 Å². The van der Waals surface area contributed by atoms with E-state index in [9.17, 15) is 17.2 Å². The highest BCUT2D eigenvalue weighted by atomic mass is 32.2. The lowest BCUT2D eigenvalue weighted by Crippen LogP contribution is -2.22. The van der Waals surface area contributed by atoms with Crippen molar-refractivity contribution in [1.82, 2.24) is 4.90 Å². The third-order valence-corrected chi connectivity index (χ3v) is 4.71. The van der Waals surface area contributed by atoms with Crippen LogP contribution in [0.2, 0.25) is 0 Å². The molecule has 2 aromatic carbocycles. The van der Waals surface area contributed by atoms with Crippen LogP contribution in [0.1, 0.15) is 24.1 Å². The number of hydrogen-bond donors (Lipinski definition) is 1. The summed E-state index contributed by atoms with van der Waals surface area (Å²) in [6.45, 7) is 2.12. The molecule has 0 aliphatic rings. The lowest BCUT2D eigenvalue weighted by atomic mass is 10.1. The van der Waals surface area contributed by atoms with E-state index in [0.29, 0.717) is 0 Å². The summed E-state index contributed by atoms with van der Waals surface area (Å²) in [5.74, 6) is -0.949. The summed E-state index contributed by atoms with van der Waals surface area (Å²) >= 11 is 0. The van der Waals surface area contributed by atoms with Crippen LogP contribution < -0.4 is 5.14 Å². The normalized spacial score (nSPS) is 13.3. The molecule has 2 aromatic rings. The molecule has 124 valence electrons. The fraction of sp³-hybridized carbons (Fsp3) is 0.250. The molecule has 1 atom stereocenters. The molecule has 2 rings (SSSR count). The summed E-state index contributed by atoms with van der Waals surface area (Å²) < 4.78 is 49.4. The molecule has 4 nitrogen and oxygen atoms in total. The minimum absolute atomic E-state index is 0.0345. The second-order valence-corrected chi connectivity index (χ2v) is 7.00. The first-order valence-corrected chi connectivity index (χ1v) is 8.50. The number of nitrogens with zero attached hydrogens (tertiary/aromatic N) is 1. The Balaban J connectivity index is 2.16. The lowest BCUT2D eigenvalue weighted by molar-refractivity contribution is 0.249. The summed E-state index contributed by atoms with van der Waals surface area (Å²) in [6.07, 6.45) is 0. The highest BCUT2D eigenvalue weighted by Gasteiger charge is 2.15. The van der Waals surface area contributed by atoms with E-state index >= 15 is 0 Å². The van der Waals surface area contributed by atoms with Crippen LogP contribution in [0.15, 0.2) is 47.4 Å². The van der Waals surface area contributed by atoms with Gasteiger partial charge in [0.05, 0.1) is 4.90 Å². The van der Waals surface area contributed by atoms with Gasteiger partial charge in [-0.05, 0) is 49.9 Å². The van der Waals surface area contributed by atoms with Crippen LogP contribution in [-0.4, -0.2) is 20.4 Å². The number of benzene rings is 2. The molecule has 1 unspecified atom stereocenters. The molecule has 0 heterocycles. The Morgan fingerprint density at radius 2 is 1.74 bits per heavy atom. The molecule has 0 spiro atoms. The minimum Gasteiger partial charge on any atom is -0.295 e. The molecule has 0 radical (unpaired) electrons. The van der Waals surface area contributed by atoms with Crippen molar-refractivity contribution in [2.24, 2.45) is 5.14 Å². The SMILES string of the molecule is CC(c1ccc(S(N)(=O)=O)cc1)N(C)Cc1cc(F)ccc1F. The molecule has 23 heavy (non-hydrogen) atoms. The molecule has 0 bridgehead atoms. The zero-order valence-electron chi connectivity index (χ0n) is 12.8. The van der Waals surface area contributed by atoms with Crippen LogP contribution in [0.4, 0.5) is 8.78 Å². The van der Waals surface area contributed by atoms with Gasteiger partial charge in [-0.3, -0.25) is 4.90 Å². The fourth-order valence-electron chi connectivity index (χ4n) is 2.26.